The predicted molar refractivity (Wildman–Crippen MR) is 317 cm³/mol. The molecule has 1 aliphatic rings. The normalized spacial score (nSPS) is 17.3. The van der Waals surface area contributed by atoms with Crippen LogP contribution in [0.4, 0.5) is 0 Å². The number of amides is 1. The zero-order chi connectivity index (χ0) is 56.7. The molecule has 11 heteroatoms. The van der Waals surface area contributed by atoms with E-state index in [9.17, 15) is 4.79 Å². The lowest BCUT2D eigenvalue weighted by Crippen LogP contribution is -2.60. The molecule has 0 aromatic heterocycles. The molecule has 1 aliphatic heterocycles. The van der Waals surface area contributed by atoms with Gasteiger partial charge in [0.25, 0.3) is 5.91 Å². The standard InChI is InChI=1S/C65H84N4O5Si2/c1-16-18-20-22-24-26-28-30-31-32-33-34-35-36-37-38-39-40-42-44-46-48-50-52-61(70)68-58(54-71-63-57(5)55(3)56(4)60(72-63)53-67-69-66)62(74-76(14,15)65(9,10)11)59(73-75(12,13)64(6,7)8)51-49-47-45-43-41-29-27-25-23-21-19-17-2/h55-60,62-63H,17,19,21,23,25,27,29,41,43,45,47,49,51,53-54H2,1-15H3,(H,68,70)/t55?,56?,57?,58-,59+,60?,62-,63?/m0/s1. The lowest BCUT2D eigenvalue weighted by atomic mass is 9.79. The smallest absolute Gasteiger partial charge is 0.297 e. The summed E-state index contributed by atoms with van der Waals surface area (Å²) in [7, 11) is -4.91. The van der Waals surface area contributed by atoms with Crippen molar-refractivity contribution >= 4 is 22.5 Å². The van der Waals surface area contributed by atoms with Gasteiger partial charge in [0.15, 0.2) is 22.9 Å². The van der Waals surface area contributed by atoms with E-state index in [1.807, 2.05) is 0 Å². The third kappa shape index (κ3) is 29.2. The van der Waals surface area contributed by atoms with Crippen molar-refractivity contribution in [2.75, 3.05) is 13.2 Å². The Morgan fingerprint density at radius 2 is 0.987 bits per heavy atom. The number of ether oxygens (including phenoxy) is 2. The monoisotopic (exact) mass is 1060 g/mol. The van der Waals surface area contributed by atoms with Gasteiger partial charge in [-0.1, -0.05) is 157 Å². The van der Waals surface area contributed by atoms with E-state index in [-0.39, 0.29) is 53.2 Å². The molecule has 5 unspecified atom stereocenters. The molecule has 0 bridgehead atoms. The Kier molecular flexibility index (Phi) is 34.2. The van der Waals surface area contributed by atoms with Gasteiger partial charge in [0.05, 0.1) is 37.5 Å². The van der Waals surface area contributed by atoms with Crippen LogP contribution < -0.4 is 5.32 Å². The largest absolute Gasteiger partial charge is 0.411 e. The molecular formula is C65H84N4O5Si2. The average Bonchev–Trinajstić information content (AvgIpc) is 3.35. The van der Waals surface area contributed by atoms with E-state index in [0.29, 0.717) is 0 Å². The SMILES string of the molecule is CC#CC#CC#CC#CC#CC#CC#CC#CC#CC#CC#CC#CC(=O)N[C@@H](COC1OC(CN=[N+]=[N-])C(C)C(C)C1C)[C@H](O[Si](C)(C)C(C)(C)C)[C@@H](CCCCCCCCCCCCCC)O[Si](C)(C)C(C)(C)C. The quantitative estimate of drug-likeness (QED) is 0.0244. The van der Waals surface area contributed by atoms with E-state index in [1.165, 1.54) is 57.8 Å². The Hall–Kier alpha value is -6.23. The number of unbranched alkanes of at least 4 members (excludes halogenated alkanes) is 11. The molecule has 0 aliphatic carbocycles. The molecule has 1 fully saturated rings. The predicted octanol–water partition coefficient (Wildman–Crippen LogP) is 12.4. The number of hydrogen-bond donors (Lipinski definition) is 1. The molecule has 1 rings (SSSR count). The third-order valence-corrected chi connectivity index (χ3v) is 23.3. The van der Waals surface area contributed by atoms with Crippen molar-refractivity contribution in [2.45, 2.75) is 227 Å². The molecule has 0 radical (unpaired) electrons. The zero-order valence-corrected chi connectivity index (χ0v) is 50.6. The van der Waals surface area contributed by atoms with Crippen LogP contribution in [0, 0.1) is 160 Å². The molecule has 9 nitrogen and oxygen atoms in total. The van der Waals surface area contributed by atoms with Crippen LogP contribution >= 0.6 is 0 Å². The lowest BCUT2D eigenvalue weighted by Gasteiger charge is -2.48. The molecule has 1 N–H and O–H groups in total. The number of nitrogens with zero attached hydrogens (tertiary/aromatic N) is 3. The van der Waals surface area contributed by atoms with E-state index in [1.54, 1.807) is 6.92 Å². The van der Waals surface area contributed by atoms with Gasteiger partial charge in [-0.15, -0.1) is 0 Å². The van der Waals surface area contributed by atoms with Crippen molar-refractivity contribution in [1.29, 1.82) is 0 Å². The van der Waals surface area contributed by atoms with Crippen LogP contribution in [-0.2, 0) is 23.1 Å². The van der Waals surface area contributed by atoms with E-state index >= 15 is 0 Å². The fourth-order valence-corrected chi connectivity index (χ4v) is 10.1. The van der Waals surface area contributed by atoms with E-state index in [4.69, 9.17) is 23.9 Å². The first kappa shape index (κ1) is 67.8. The van der Waals surface area contributed by atoms with Crippen LogP contribution in [0.3, 0.4) is 0 Å². The van der Waals surface area contributed by atoms with Crippen molar-refractivity contribution in [3.8, 4) is 142 Å². The second-order valence-electron chi connectivity index (χ2n) is 22.0. The highest BCUT2D eigenvalue weighted by Gasteiger charge is 2.48. The van der Waals surface area contributed by atoms with Gasteiger partial charge in [-0.3, -0.25) is 4.79 Å². The molecule has 402 valence electrons. The van der Waals surface area contributed by atoms with Crippen LogP contribution in [0.15, 0.2) is 5.11 Å². The number of hydrogen-bond acceptors (Lipinski definition) is 6. The van der Waals surface area contributed by atoms with Crippen molar-refractivity contribution in [3.05, 3.63) is 10.4 Å². The Bertz CT molecular complexity index is 2730. The summed E-state index contributed by atoms with van der Waals surface area (Å²) in [6.07, 6.45) is 13.8. The van der Waals surface area contributed by atoms with Gasteiger partial charge in [-0.25, -0.2) is 0 Å². The first-order valence-electron chi connectivity index (χ1n) is 27.0. The summed E-state index contributed by atoms with van der Waals surface area (Å²) in [6.45, 7) is 33.1. The van der Waals surface area contributed by atoms with Crippen molar-refractivity contribution in [1.82, 2.24) is 5.32 Å². The Morgan fingerprint density at radius 1 is 0.592 bits per heavy atom. The van der Waals surface area contributed by atoms with Crippen LogP contribution in [0.2, 0.25) is 36.3 Å². The maximum Gasteiger partial charge on any atom is 0.297 e. The molecule has 76 heavy (non-hydrogen) atoms. The number of azide groups is 1. The van der Waals surface area contributed by atoms with Gasteiger partial charge < -0.3 is 23.6 Å². The van der Waals surface area contributed by atoms with Crippen LogP contribution in [0.5, 0.6) is 0 Å². The summed E-state index contributed by atoms with van der Waals surface area (Å²) < 4.78 is 28.2. The summed E-state index contributed by atoms with van der Waals surface area (Å²) in [5, 5.41) is 6.84. The highest BCUT2D eigenvalue weighted by Crippen LogP contribution is 2.42. The summed E-state index contributed by atoms with van der Waals surface area (Å²) >= 11 is 0. The molecule has 0 aromatic rings. The van der Waals surface area contributed by atoms with E-state index in [2.05, 4.69) is 253 Å². The van der Waals surface area contributed by atoms with Gasteiger partial charge in [0.2, 0.25) is 0 Å². The van der Waals surface area contributed by atoms with Gasteiger partial charge in [0.1, 0.15) is 0 Å². The van der Waals surface area contributed by atoms with E-state index in [0.717, 1.165) is 25.7 Å². The first-order valence-corrected chi connectivity index (χ1v) is 32.8. The molecule has 1 heterocycles. The Morgan fingerprint density at radius 3 is 1.39 bits per heavy atom. The highest BCUT2D eigenvalue weighted by molar-refractivity contribution is 6.74. The maximum absolute atomic E-state index is 14.0. The first-order chi connectivity index (χ1) is 36.1. The molecule has 1 saturated heterocycles. The van der Waals surface area contributed by atoms with Gasteiger partial charge in [-0.2, -0.15) is 0 Å². The lowest BCUT2D eigenvalue weighted by molar-refractivity contribution is -0.249. The Balaban J connectivity index is 3.54. The van der Waals surface area contributed by atoms with Crippen LogP contribution in [-0.4, -0.2) is 66.3 Å². The summed E-state index contributed by atoms with van der Waals surface area (Å²) in [6, 6.07) is -0.679. The second kappa shape index (κ2) is 38.3. The molecular weight excluding hydrogens is 973 g/mol. The van der Waals surface area contributed by atoms with Crippen molar-refractivity contribution < 1.29 is 23.1 Å². The van der Waals surface area contributed by atoms with Gasteiger partial charge in [-0.05, 0) is 162 Å². The topological polar surface area (TPSA) is 115 Å². The summed E-state index contributed by atoms with van der Waals surface area (Å²) in [4.78, 5) is 17.0. The van der Waals surface area contributed by atoms with Crippen molar-refractivity contribution in [3.63, 3.8) is 0 Å². The number of nitrogens with one attached hydrogen (secondary N) is 1. The molecule has 0 spiro atoms. The fraction of sp³-hybridized carbons (Fsp3) is 0.615. The summed E-state index contributed by atoms with van der Waals surface area (Å²) in [5.74, 6) is 61.7. The average molecular weight is 1060 g/mol. The van der Waals surface area contributed by atoms with Gasteiger partial charge in [0, 0.05) is 52.3 Å². The Labute approximate surface area is 463 Å². The summed E-state index contributed by atoms with van der Waals surface area (Å²) in [5.41, 5.74) is 9.16. The number of rotatable bonds is 25. The molecule has 1 amide bonds. The minimum atomic E-state index is -2.52. The molecule has 0 saturated carbocycles. The minimum Gasteiger partial charge on any atom is -0.411 e. The molecule has 0 aromatic carbocycles. The van der Waals surface area contributed by atoms with Crippen LogP contribution in [0.1, 0.15) is 160 Å². The second-order valence-corrected chi connectivity index (χ2v) is 31.5. The fourth-order valence-electron chi connectivity index (χ4n) is 7.37. The van der Waals surface area contributed by atoms with Gasteiger partial charge >= 0.3 is 0 Å². The highest BCUT2D eigenvalue weighted by atomic mass is 28.4. The third-order valence-electron chi connectivity index (χ3n) is 14.3. The number of carbonyl (C=O) groups is 1. The minimum absolute atomic E-state index is 0.0122. The molecule has 8 atom stereocenters. The van der Waals surface area contributed by atoms with Crippen LogP contribution in [0.25, 0.3) is 10.4 Å². The maximum atomic E-state index is 14.0. The van der Waals surface area contributed by atoms with E-state index < -0.39 is 41.0 Å². The van der Waals surface area contributed by atoms with Crippen molar-refractivity contribution in [2.24, 2.45) is 22.9 Å². The number of carbonyl (C=O) groups excluding carboxylic acids is 1. The zero-order valence-electron chi connectivity index (χ0n) is 48.6.